The number of thioether (sulfide) groups is 1. The molecule has 4 nitrogen and oxygen atoms in total. The van der Waals surface area contributed by atoms with Gasteiger partial charge in [-0.05, 0) is 25.7 Å². The summed E-state index contributed by atoms with van der Waals surface area (Å²) in [5, 5.41) is 11.2. The molecule has 18 heavy (non-hydrogen) atoms. The average Bonchev–Trinajstić information content (AvgIpc) is 2.31. The number of carboxylic acids is 1. The topological polar surface area (TPSA) is 66.4 Å². The van der Waals surface area contributed by atoms with Crippen LogP contribution >= 0.6 is 11.8 Å². The summed E-state index contributed by atoms with van der Waals surface area (Å²) in [6, 6.07) is 0.183. The van der Waals surface area contributed by atoms with E-state index in [1.165, 1.54) is 11.8 Å². The SMILES string of the molecule is CCC(CC)NC(=O)C(C)SC(C(=O)O)C(C)C. The summed E-state index contributed by atoms with van der Waals surface area (Å²) in [5.74, 6) is -0.909. The Balaban J connectivity index is 4.41. The summed E-state index contributed by atoms with van der Waals surface area (Å²) in [4.78, 5) is 23.0. The van der Waals surface area contributed by atoms with Crippen molar-refractivity contribution >= 4 is 23.6 Å². The number of aliphatic carboxylic acids is 1. The first-order chi connectivity index (χ1) is 8.33. The fraction of sp³-hybridized carbons (Fsp3) is 0.846. The molecule has 0 saturated heterocycles. The van der Waals surface area contributed by atoms with Crippen LogP contribution in [0.1, 0.15) is 47.5 Å². The second-order valence-electron chi connectivity index (χ2n) is 4.80. The van der Waals surface area contributed by atoms with Crippen molar-refractivity contribution in [3.8, 4) is 0 Å². The van der Waals surface area contributed by atoms with Crippen molar-refractivity contribution in [3.05, 3.63) is 0 Å². The molecule has 0 bridgehead atoms. The minimum Gasteiger partial charge on any atom is -0.480 e. The van der Waals surface area contributed by atoms with Gasteiger partial charge in [-0.15, -0.1) is 11.8 Å². The maximum absolute atomic E-state index is 11.9. The number of carboxylic acid groups (broad SMARTS) is 1. The molecule has 0 aromatic carbocycles. The van der Waals surface area contributed by atoms with Crippen molar-refractivity contribution in [2.75, 3.05) is 0 Å². The minimum absolute atomic E-state index is 0.0101. The van der Waals surface area contributed by atoms with E-state index in [0.29, 0.717) is 0 Å². The van der Waals surface area contributed by atoms with Gasteiger partial charge >= 0.3 is 5.97 Å². The van der Waals surface area contributed by atoms with Crippen LogP contribution in [0, 0.1) is 5.92 Å². The fourth-order valence-electron chi connectivity index (χ4n) is 1.59. The van der Waals surface area contributed by atoms with Gasteiger partial charge in [0.1, 0.15) is 5.25 Å². The monoisotopic (exact) mass is 275 g/mol. The highest BCUT2D eigenvalue weighted by Gasteiger charge is 2.27. The van der Waals surface area contributed by atoms with E-state index in [1.807, 2.05) is 27.7 Å². The predicted molar refractivity (Wildman–Crippen MR) is 75.8 cm³/mol. The van der Waals surface area contributed by atoms with Crippen molar-refractivity contribution in [1.29, 1.82) is 0 Å². The molecule has 2 N–H and O–H groups in total. The molecule has 5 heteroatoms. The highest BCUT2D eigenvalue weighted by Crippen LogP contribution is 2.24. The van der Waals surface area contributed by atoms with Gasteiger partial charge in [0.2, 0.25) is 5.91 Å². The van der Waals surface area contributed by atoms with Gasteiger partial charge in [-0.3, -0.25) is 9.59 Å². The lowest BCUT2D eigenvalue weighted by Gasteiger charge is -2.22. The summed E-state index contributed by atoms with van der Waals surface area (Å²) < 4.78 is 0. The summed E-state index contributed by atoms with van der Waals surface area (Å²) in [7, 11) is 0. The minimum atomic E-state index is -0.850. The van der Waals surface area contributed by atoms with Gasteiger partial charge in [0.15, 0.2) is 0 Å². The lowest BCUT2D eigenvalue weighted by molar-refractivity contribution is -0.137. The first-order valence-corrected chi connectivity index (χ1v) is 7.46. The Morgan fingerprint density at radius 3 is 2.00 bits per heavy atom. The first-order valence-electron chi connectivity index (χ1n) is 6.52. The van der Waals surface area contributed by atoms with Crippen LogP contribution in [-0.2, 0) is 9.59 Å². The number of amides is 1. The Labute approximate surface area is 114 Å². The van der Waals surface area contributed by atoms with E-state index in [-0.39, 0.29) is 23.1 Å². The van der Waals surface area contributed by atoms with Crippen LogP contribution in [0.15, 0.2) is 0 Å². The maximum atomic E-state index is 11.9. The van der Waals surface area contributed by atoms with Crippen molar-refractivity contribution in [2.24, 2.45) is 5.92 Å². The zero-order valence-electron chi connectivity index (χ0n) is 11.9. The lowest BCUT2D eigenvalue weighted by atomic mass is 10.1. The van der Waals surface area contributed by atoms with Crippen LogP contribution in [0.25, 0.3) is 0 Å². The highest BCUT2D eigenvalue weighted by atomic mass is 32.2. The van der Waals surface area contributed by atoms with E-state index in [9.17, 15) is 9.59 Å². The third-order valence-corrected chi connectivity index (χ3v) is 4.56. The Morgan fingerprint density at radius 1 is 1.17 bits per heavy atom. The van der Waals surface area contributed by atoms with Crippen molar-refractivity contribution in [1.82, 2.24) is 5.32 Å². The Kier molecular flexibility index (Phi) is 8.07. The summed E-state index contributed by atoms with van der Waals surface area (Å²) in [6.45, 7) is 9.54. The Hall–Kier alpha value is -0.710. The third-order valence-electron chi connectivity index (χ3n) is 2.90. The van der Waals surface area contributed by atoms with E-state index in [4.69, 9.17) is 5.11 Å². The molecule has 0 radical (unpaired) electrons. The van der Waals surface area contributed by atoms with Gasteiger partial charge in [0.25, 0.3) is 0 Å². The van der Waals surface area contributed by atoms with Gasteiger partial charge in [-0.25, -0.2) is 0 Å². The van der Waals surface area contributed by atoms with E-state index in [2.05, 4.69) is 5.32 Å². The van der Waals surface area contributed by atoms with Crippen LogP contribution in [0.5, 0.6) is 0 Å². The number of carbonyl (C=O) groups excluding carboxylic acids is 1. The standard InChI is InChI=1S/C13H25NO3S/c1-6-10(7-2)14-12(15)9(5)18-11(8(3)4)13(16)17/h8-11H,6-7H2,1-5H3,(H,14,15)(H,16,17). The number of nitrogens with one attached hydrogen (secondary N) is 1. The molecule has 106 valence electrons. The molecule has 0 saturated carbocycles. The molecule has 2 unspecified atom stereocenters. The molecular weight excluding hydrogens is 250 g/mol. The smallest absolute Gasteiger partial charge is 0.316 e. The zero-order chi connectivity index (χ0) is 14.3. The molecule has 0 heterocycles. The second kappa shape index (κ2) is 8.40. The molecular formula is C13H25NO3S. The molecule has 0 aliphatic rings. The van der Waals surface area contributed by atoms with Crippen LogP contribution in [0.2, 0.25) is 0 Å². The van der Waals surface area contributed by atoms with Crippen LogP contribution in [0.4, 0.5) is 0 Å². The second-order valence-corrected chi connectivity index (χ2v) is 6.29. The van der Waals surface area contributed by atoms with Crippen molar-refractivity contribution in [3.63, 3.8) is 0 Å². The molecule has 0 aromatic rings. The number of rotatable bonds is 8. The lowest BCUT2D eigenvalue weighted by Crippen LogP contribution is -2.40. The van der Waals surface area contributed by atoms with Gasteiger partial charge in [0.05, 0.1) is 5.25 Å². The molecule has 0 aliphatic carbocycles. The van der Waals surface area contributed by atoms with Crippen LogP contribution in [0.3, 0.4) is 0 Å². The number of hydrogen-bond acceptors (Lipinski definition) is 3. The predicted octanol–water partition coefficient (Wildman–Crippen LogP) is 2.52. The Bertz CT molecular complexity index is 277. The fourth-order valence-corrected chi connectivity index (χ4v) is 2.66. The Morgan fingerprint density at radius 2 is 1.67 bits per heavy atom. The molecule has 1 amide bonds. The van der Waals surface area contributed by atoms with E-state index in [1.54, 1.807) is 6.92 Å². The number of carbonyl (C=O) groups is 2. The normalized spacial score (nSPS) is 14.6. The van der Waals surface area contributed by atoms with Crippen LogP contribution in [-0.4, -0.2) is 33.5 Å². The molecule has 0 fully saturated rings. The molecule has 2 atom stereocenters. The quantitative estimate of drug-likeness (QED) is 0.714. The molecule has 0 aromatic heterocycles. The number of hydrogen-bond donors (Lipinski definition) is 2. The summed E-state index contributed by atoms with van der Waals surface area (Å²) in [5.41, 5.74) is 0. The van der Waals surface area contributed by atoms with Gasteiger partial charge in [-0.2, -0.15) is 0 Å². The molecule has 0 rings (SSSR count). The third kappa shape index (κ3) is 5.76. The molecule has 0 spiro atoms. The first kappa shape index (κ1) is 17.3. The average molecular weight is 275 g/mol. The van der Waals surface area contributed by atoms with E-state index in [0.717, 1.165) is 12.8 Å². The summed E-state index contributed by atoms with van der Waals surface area (Å²) in [6.07, 6.45) is 1.79. The van der Waals surface area contributed by atoms with Crippen molar-refractivity contribution in [2.45, 2.75) is 64.0 Å². The highest BCUT2D eigenvalue weighted by molar-refractivity contribution is 8.01. The largest absolute Gasteiger partial charge is 0.480 e. The van der Waals surface area contributed by atoms with E-state index < -0.39 is 11.2 Å². The maximum Gasteiger partial charge on any atom is 0.316 e. The van der Waals surface area contributed by atoms with Gasteiger partial charge in [-0.1, -0.05) is 27.7 Å². The van der Waals surface area contributed by atoms with Gasteiger partial charge < -0.3 is 10.4 Å². The zero-order valence-corrected chi connectivity index (χ0v) is 12.7. The molecule has 0 aliphatic heterocycles. The van der Waals surface area contributed by atoms with Gasteiger partial charge in [0, 0.05) is 6.04 Å². The van der Waals surface area contributed by atoms with Crippen LogP contribution < -0.4 is 5.32 Å². The summed E-state index contributed by atoms with van der Waals surface area (Å²) >= 11 is 1.22. The van der Waals surface area contributed by atoms with Crippen molar-refractivity contribution < 1.29 is 14.7 Å². The van der Waals surface area contributed by atoms with E-state index >= 15 is 0 Å².